The Kier molecular flexibility index (Phi) is 13.2. The summed E-state index contributed by atoms with van der Waals surface area (Å²) in [5, 5.41) is 3.39. The minimum Gasteiger partial charge on any atom is -0.464 e. The molecule has 1 saturated heterocycles. The van der Waals surface area contributed by atoms with Crippen molar-refractivity contribution in [1.82, 2.24) is 10.2 Å². The number of carbonyl (C=O) groups excluding carboxylic acids is 1. The van der Waals surface area contributed by atoms with Crippen LogP contribution in [0.2, 0.25) is 0 Å². The van der Waals surface area contributed by atoms with E-state index in [4.69, 9.17) is 9.47 Å². The van der Waals surface area contributed by atoms with Crippen LogP contribution in [0.25, 0.3) is 0 Å². The molecule has 39 heavy (non-hydrogen) atoms. The number of rotatable bonds is 11. The van der Waals surface area contributed by atoms with E-state index in [1.54, 1.807) is 0 Å². The van der Waals surface area contributed by atoms with Crippen LogP contribution in [0, 0.1) is 0 Å². The molecule has 210 valence electrons. The largest absolute Gasteiger partial charge is 0.464 e. The van der Waals surface area contributed by atoms with Crippen LogP contribution in [0.5, 0.6) is 0 Å². The third kappa shape index (κ3) is 9.92. The molecular formula is C34H46N2O3. The number of carbonyl (C=O) groups is 1. The molecule has 4 unspecified atom stereocenters. The van der Waals surface area contributed by atoms with Crippen LogP contribution in [0.15, 0.2) is 91.0 Å². The van der Waals surface area contributed by atoms with E-state index >= 15 is 0 Å². The van der Waals surface area contributed by atoms with Gasteiger partial charge in [-0.25, -0.2) is 0 Å². The van der Waals surface area contributed by atoms with Crippen LogP contribution in [0.4, 0.5) is 0 Å². The molecule has 0 aromatic heterocycles. The first-order chi connectivity index (χ1) is 19.0. The molecule has 3 aromatic rings. The summed E-state index contributed by atoms with van der Waals surface area (Å²) < 4.78 is 11.6. The first-order valence-electron chi connectivity index (χ1n) is 14.4. The molecule has 1 N–H and O–H groups in total. The lowest BCUT2D eigenvalue weighted by atomic mass is 9.97. The second kappa shape index (κ2) is 16.9. The SMILES string of the molecule is CCC(C(=O)OCCN1CCOC(c2ccccc2)C1C)c1ccccc1.CCNC(C)Cc1ccccc1. The van der Waals surface area contributed by atoms with Crippen molar-refractivity contribution in [1.29, 1.82) is 0 Å². The van der Waals surface area contributed by atoms with Gasteiger partial charge in [-0.1, -0.05) is 105 Å². The first-order valence-corrected chi connectivity index (χ1v) is 14.4. The highest BCUT2D eigenvalue weighted by atomic mass is 16.5. The number of likely N-dealkylation sites (N-methyl/N-ethyl adjacent to an activating group) is 1. The minimum atomic E-state index is -0.189. The van der Waals surface area contributed by atoms with Crippen molar-refractivity contribution in [3.05, 3.63) is 108 Å². The molecule has 0 saturated carbocycles. The van der Waals surface area contributed by atoms with Crippen LogP contribution in [0.3, 0.4) is 0 Å². The van der Waals surface area contributed by atoms with E-state index < -0.39 is 0 Å². The number of ether oxygens (including phenoxy) is 2. The first kappa shape index (κ1) is 30.6. The summed E-state index contributed by atoms with van der Waals surface area (Å²) in [5.74, 6) is -0.324. The number of esters is 1. The summed E-state index contributed by atoms with van der Waals surface area (Å²) in [6, 6.07) is 31.6. The fraction of sp³-hybridized carbons (Fsp3) is 0.441. The van der Waals surface area contributed by atoms with Crippen LogP contribution >= 0.6 is 0 Å². The summed E-state index contributed by atoms with van der Waals surface area (Å²) in [6.07, 6.45) is 1.92. The van der Waals surface area contributed by atoms with E-state index in [0.29, 0.717) is 19.3 Å². The summed E-state index contributed by atoms with van der Waals surface area (Å²) in [6.45, 7) is 12.3. The van der Waals surface area contributed by atoms with Crippen molar-refractivity contribution in [3.63, 3.8) is 0 Å². The van der Waals surface area contributed by atoms with Crippen LogP contribution < -0.4 is 5.32 Å². The van der Waals surface area contributed by atoms with Crippen molar-refractivity contribution in [2.75, 3.05) is 32.8 Å². The summed E-state index contributed by atoms with van der Waals surface area (Å²) in [5.41, 5.74) is 3.63. The smallest absolute Gasteiger partial charge is 0.313 e. The van der Waals surface area contributed by atoms with E-state index in [1.165, 1.54) is 11.1 Å². The normalized spacial score (nSPS) is 18.9. The Labute approximate surface area is 235 Å². The lowest BCUT2D eigenvalue weighted by Crippen LogP contribution is -2.47. The monoisotopic (exact) mass is 530 g/mol. The Bertz CT molecular complexity index is 1060. The number of hydrogen-bond donors (Lipinski definition) is 1. The third-order valence-corrected chi connectivity index (χ3v) is 7.27. The number of nitrogens with zero attached hydrogens (tertiary/aromatic N) is 1. The van der Waals surface area contributed by atoms with Gasteiger partial charge in [-0.05, 0) is 49.9 Å². The summed E-state index contributed by atoms with van der Waals surface area (Å²) in [7, 11) is 0. The molecule has 0 aliphatic carbocycles. The summed E-state index contributed by atoms with van der Waals surface area (Å²) >= 11 is 0. The van der Waals surface area contributed by atoms with Gasteiger partial charge in [0.15, 0.2) is 0 Å². The standard InChI is InChI=1S/C23H29NO3.C11H17N/c1-3-21(19-10-6-4-7-11-19)23(25)27-17-15-24-14-16-26-22(18(24)2)20-12-8-5-9-13-20;1-3-12-10(2)9-11-7-5-4-6-8-11/h4-13,18,21-22H,3,14-17H2,1-2H3;4-8,10,12H,3,9H2,1-2H3. The number of hydrogen-bond acceptors (Lipinski definition) is 5. The van der Waals surface area contributed by atoms with E-state index in [0.717, 1.165) is 38.0 Å². The molecular weight excluding hydrogens is 484 g/mol. The number of benzene rings is 3. The Morgan fingerprint density at radius 1 is 0.974 bits per heavy atom. The highest BCUT2D eigenvalue weighted by molar-refractivity contribution is 5.78. The highest BCUT2D eigenvalue weighted by Crippen LogP contribution is 2.28. The molecule has 1 heterocycles. The topological polar surface area (TPSA) is 50.8 Å². The van der Waals surface area contributed by atoms with Gasteiger partial charge in [-0.2, -0.15) is 0 Å². The van der Waals surface area contributed by atoms with E-state index in [-0.39, 0.29) is 24.0 Å². The highest BCUT2D eigenvalue weighted by Gasteiger charge is 2.30. The molecule has 4 rings (SSSR count). The molecule has 1 aliphatic heterocycles. The van der Waals surface area contributed by atoms with Crippen molar-refractivity contribution in [2.24, 2.45) is 0 Å². The zero-order chi connectivity index (χ0) is 27.9. The average molecular weight is 531 g/mol. The lowest BCUT2D eigenvalue weighted by molar-refractivity contribution is -0.147. The predicted molar refractivity (Wildman–Crippen MR) is 160 cm³/mol. The molecule has 0 radical (unpaired) electrons. The van der Waals surface area contributed by atoms with Gasteiger partial charge in [0.2, 0.25) is 0 Å². The molecule has 1 aliphatic rings. The minimum absolute atomic E-state index is 0.0587. The van der Waals surface area contributed by atoms with Gasteiger partial charge in [0, 0.05) is 25.2 Å². The molecule has 1 fully saturated rings. The zero-order valence-corrected chi connectivity index (χ0v) is 24.1. The van der Waals surface area contributed by atoms with E-state index in [9.17, 15) is 4.79 Å². The Morgan fingerprint density at radius 2 is 1.59 bits per heavy atom. The molecule has 0 spiro atoms. The maximum absolute atomic E-state index is 12.5. The Morgan fingerprint density at radius 3 is 2.21 bits per heavy atom. The molecule has 0 bridgehead atoms. The summed E-state index contributed by atoms with van der Waals surface area (Å²) in [4.78, 5) is 14.9. The fourth-order valence-corrected chi connectivity index (χ4v) is 5.14. The van der Waals surface area contributed by atoms with Crippen LogP contribution in [-0.4, -0.2) is 55.8 Å². The zero-order valence-electron chi connectivity index (χ0n) is 24.1. The molecule has 4 atom stereocenters. The van der Waals surface area contributed by atoms with E-state index in [1.807, 2.05) is 55.5 Å². The Hall–Kier alpha value is -2.99. The average Bonchev–Trinajstić information content (AvgIpc) is 2.96. The fourth-order valence-electron chi connectivity index (χ4n) is 5.14. The molecule has 0 amide bonds. The van der Waals surface area contributed by atoms with Gasteiger partial charge in [-0.3, -0.25) is 9.69 Å². The van der Waals surface area contributed by atoms with Gasteiger partial charge in [0.05, 0.1) is 18.6 Å². The van der Waals surface area contributed by atoms with E-state index in [2.05, 4.69) is 73.5 Å². The quantitative estimate of drug-likeness (QED) is 0.290. The third-order valence-electron chi connectivity index (χ3n) is 7.27. The molecule has 5 nitrogen and oxygen atoms in total. The molecule has 3 aromatic carbocycles. The second-order valence-electron chi connectivity index (χ2n) is 10.2. The van der Waals surface area contributed by atoms with Gasteiger partial charge >= 0.3 is 5.97 Å². The van der Waals surface area contributed by atoms with Gasteiger partial charge in [0.1, 0.15) is 6.61 Å². The molecule has 5 heteroatoms. The van der Waals surface area contributed by atoms with Gasteiger partial charge in [0.25, 0.3) is 0 Å². The van der Waals surface area contributed by atoms with Gasteiger partial charge < -0.3 is 14.8 Å². The maximum Gasteiger partial charge on any atom is 0.313 e. The maximum atomic E-state index is 12.5. The lowest BCUT2D eigenvalue weighted by Gasteiger charge is -2.39. The van der Waals surface area contributed by atoms with Crippen molar-refractivity contribution < 1.29 is 14.3 Å². The van der Waals surface area contributed by atoms with Crippen molar-refractivity contribution in [3.8, 4) is 0 Å². The van der Waals surface area contributed by atoms with Crippen LogP contribution in [-0.2, 0) is 20.7 Å². The number of nitrogens with one attached hydrogen (secondary N) is 1. The predicted octanol–water partition coefficient (Wildman–Crippen LogP) is 6.41. The van der Waals surface area contributed by atoms with Crippen LogP contribution in [0.1, 0.15) is 62.8 Å². The van der Waals surface area contributed by atoms with Crippen molar-refractivity contribution in [2.45, 2.75) is 64.6 Å². The van der Waals surface area contributed by atoms with Crippen molar-refractivity contribution >= 4 is 5.97 Å². The number of morpholine rings is 1. The Balaban J connectivity index is 0.000000293. The van der Waals surface area contributed by atoms with Gasteiger partial charge in [-0.15, -0.1) is 0 Å². The second-order valence-corrected chi connectivity index (χ2v) is 10.2.